The molecule has 22 heavy (non-hydrogen) atoms. The largest absolute Gasteiger partial charge is 0.464 e. The molecule has 4 heteroatoms. The lowest BCUT2D eigenvalue weighted by atomic mass is 10.0. The highest BCUT2D eigenvalue weighted by molar-refractivity contribution is 5.96. The highest BCUT2D eigenvalue weighted by Gasteiger charge is 2.15. The smallest absolute Gasteiger partial charge is 0.336 e. The molecular formula is C18H19NO3. The number of nitrogens with zero attached hydrogens (tertiary/aromatic N) is 1. The Morgan fingerprint density at radius 3 is 2.68 bits per heavy atom. The summed E-state index contributed by atoms with van der Waals surface area (Å²) in [5.41, 5.74) is 3.24. The topological polar surface area (TPSA) is 46.6 Å². The van der Waals surface area contributed by atoms with Crippen LogP contribution in [0.4, 0.5) is 0 Å². The van der Waals surface area contributed by atoms with Crippen LogP contribution in [0.5, 0.6) is 0 Å². The van der Waals surface area contributed by atoms with Gasteiger partial charge in [-0.1, -0.05) is 6.42 Å². The van der Waals surface area contributed by atoms with Crippen LogP contribution < -0.4 is 5.63 Å². The molecule has 1 aliphatic heterocycles. The molecule has 1 aliphatic rings. The van der Waals surface area contributed by atoms with Crippen LogP contribution in [0.25, 0.3) is 21.9 Å². The van der Waals surface area contributed by atoms with Crippen LogP contribution in [0, 0.1) is 6.92 Å². The molecule has 0 aliphatic carbocycles. The van der Waals surface area contributed by atoms with Gasteiger partial charge in [0.1, 0.15) is 11.2 Å². The highest BCUT2D eigenvalue weighted by atomic mass is 16.4. The van der Waals surface area contributed by atoms with Crippen LogP contribution in [0.1, 0.15) is 30.4 Å². The molecule has 2 aromatic heterocycles. The molecule has 0 saturated carbocycles. The van der Waals surface area contributed by atoms with Crippen molar-refractivity contribution in [3.8, 4) is 0 Å². The first-order valence-electron chi connectivity index (χ1n) is 7.88. The fraction of sp³-hybridized carbons (Fsp3) is 0.389. The fourth-order valence-electron chi connectivity index (χ4n) is 3.36. The molecule has 3 aromatic rings. The monoisotopic (exact) mass is 297 g/mol. The summed E-state index contributed by atoms with van der Waals surface area (Å²) in [5, 5.41) is 2.10. The van der Waals surface area contributed by atoms with Crippen molar-refractivity contribution >= 4 is 21.9 Å². The Morgan fingerprint density at radius 1 is 1.05 bits per heavy atom. The molecule has 4 rings (SSSR count). The lowest BCUT2D eigenvalue weighted by Crippen LogP contribution is -2.29. The Hall–Kier alpha value is -2.07. The molecule has 0 radical (unpaired) electrons. The Balaban J connectivity index is 1.86. The van der Waals surface area contributed by atoms with Gasteiger partial charge < -0.3 is 8.83 Å². The van der Waals surface area contributed by atoms with E-state index in [2.05, 4.69) is 11.0 Å². The van der Waals surface area contributed by atoms with Gasteiger partial charge in [-0.2, -0.15) is 0 Å². The molecular weight excluding hydrogens is 278 g/mol. The minimum atomic E-state index is -0.290. The third-order valence-corrected chi connectivity index (χ3v) is 4.56. The van der Waals surface area contributed by atoms with Crippen LogP contribution in [-0.2, 0) is 6.54 Å². The summed E-state index contributed by atoms with van der Waals surface area (Å²) in [5.74, 6) is 0. The maximum atomic E-state index is 11.9. The van der Waals surface area contributed by atoms with E-state index in [9.17, 15) is 4.79 Å². The predicted octanol–water partition coefficient (Wildman–Crippen LogP) is 3.83. The summed E-state index contributed by atoms with van der Waals surface area (Å²) in [7, 11) is 0. The number of benzene rings is 1. The average Bonchev–Trinajstić information content (AvgIpc) is 2.87. The molecule has 1 fully saturated rings. The number of furan rings is 1. The third-order valence-electron chi connectivity index (χ3n) is 4.56. The SMILES string of the molecule is Cc1coc2cc3oc(=O)cc(CN4CCCCC4)c3cc12. The van der Waals surface area contributed by atoms with Crippen molar-refractivity contribution in [3.63, 3.8) is 0 Å². The van der Waals surface area contributed by atoms with E-state index in [-0.39, 0.29) is 5.63 Å². The zero-order valence-electron chi connectivity index (χ0n) is 12.7. The van der Waals surface area contributed by atoms with E-state index in [1.807, 2.05) is 13.0 Å². The first-order valence-corrected chi connectivity index (χ1v) is 7.88. The minimum absolute atomic E-state index is 0.290. The van der Waals surface area contributed by atoms with Crippen LogP contribution in [0.2, 0.25) is 0 Å². The maximum Gasteiger partial charge on any atom is 0.336 e. The van der Waals surface area contributed by atoms with E-state index in [0.717, 1.165) is 47.1 Å². The second-order valence-corrected chi connectivity index (χ2v) is 6.19. The zero-order valence-corrected chi connectivity index (χ0v) is 12.7. The third kappa shape index (κ3) is 2.33. The van der Waals surface area contributed by atoms with E-state index >= 15 is 0 Å². The number of hydrogen-bond donors (Lipinski definition) is 0. The van der Waals surface area contributed by atoms with E-state index in [4.69, 9.17) is 8.83 Å². The summed E-state index contributed by atoms with van der Waals surface area (Å²) >= 11 is 0. The molecule has 0 atom stereocenters. The second kappa shape index (κ2) is 5.29. The standard InChI is InChI=1S/C18H19NO3/c1-12-11-21-16-9-17-15(8-14(12)16)13(7-18(20)22-17)10-19-5-3-2-4-6-19/h7-9,11H,2-6,10H2,1H3. The van der Waals surface area contributed by atoms with E-state index in [1.54, 1.807) is 12.3 Å². The van der Waals surface area contributed by atoms with Gasteiger partial charge in [0.2, 0.25) is 0 Å². The van der Waals surface area contributed by atoms with Crippen LogP contribution in [-0.4, -0.2) is 18.0 Å². The van der Waals surface area contributed by atoms with Crippen LogP contribution in [0.15, 0.2) is 38.1 Å². The zero-order chi connectivity index (χ0) is 15.1. The van der Waals surface area contributed by atoms with Gasteiger partial charge in [0.05, 0.1) is 6.26 Å². The minimum Gasteiger partial charge on any atom is -0.464 e. The van der Waals surface area contributed by atoms with Gasteiger partial charge in [-0.3, -0.25) is 4.90 Å². The number of hydrogen-bond acceptors (Lipinski definition) is 4. The molecule has 4 nitrogen and oxygen atoms in total. The Labute approximate surface area is 128 Å². The summed E-state index contributed by atoms with van der Waals surface area (Å²) in [4.78, 5) is 14.3. The summed E-state index contributed by atoms with van der Waals surface area (Å²) in [6, 6.07) is 5.56. The molecule has 0 N–H and O–H groups in total. The molecule has 1 aromatic carbocycles. The van der Waals surface area contributed by atoms with Gasteiger partial charge in [0, 0.05) is 29.4 Å². The van der Waals surface area contributed by atoms with Crippen molar-refractivity contribution in [1.29, 1.82) is 0 Å². The lowest BCUT2D eigenvalue weighted by molar-refractivity contribution is 0.221. The Bertz CT molecular complexity index is 884. The van der Waals surface area contributed by atoms with Crippen molar-refractivity contribution in [2.45, 2.75) is 32.7 Å². The quantitative estimate of drug-likeness (QED) is 0.674. The number of rotatable bonds is 2. The van der Waals surface area contributed by atoms with Gasteiger partial charge in [-0.15, -0.1) is 0 Å². The van der Waals surface area contributed by atoms with Gasteiger partial charge in [-0.05, 0) is 50.0 Å². The Kier molecular flexibility index (Phi) is 3.26. The fourth-order valence-corrected chi connectivity index (χ4v) is 3.36. The van der Waals surface area contributed by atoms with Crippen molar-refractivity contribution in [2.75, 3.05) is 13.1 Å². The van der Waals surface area contributed by atoms with Gasteiger partial charge >= 0.3 is 5.63 Å². The van der Waals surface area contributed by atoms with Crippen LogP contribution in [0.3, 0.4) is 0 Å². The van der Waals surface area contributed by atoms with Gasteiger partial charge in [-0.25, -0.2) is 4.79 Å². The molecule has 0 bridgehead atoms. The summed E-state index contributed by atoms with van der Waals surface area (Å²) in [6.45, 7) is 5.05. The summed E-state index contributed by atoms with van der Waals surface area (Å²) < 4.78 is 10.9. The highest BCUT2D eigenvalue weighted by Crippen LogP contribution is 2.28. The normalized spacial score (nSPS) is 16.6. The Morgan fingerprint density at radius 2 is 1.86 bits per heavy atom. The van der Waals surface area contributed by atoms with E-state index in [1.165, 1.54) is 19.3 Å². The van der Waals surface area contributed by atoms with E-state index < -0.39 is 0 Å². The number of likely N-dealkylation sites (tertiary alicyclic amines) is 1. The number of piperidine rings is 1. The predicted molar refractivity (Wildman–Crippen MR) is 86.1 cm³/mol. The first kappa shape index (κ1) is 13.6. The van der Waals surface area contributed by atoms with Gasteiger partial charge in [0.25, 0.3) is 0 Å². The second-order valence-electron chi connectivity index (χ2n) is 6.19. The van der Waals surface area contributed by atoms with Crippen molar-refractivity contribution in [1.82, 2.24) is 4.90 Å². The van der Waals surface area contributed by atoms with Crippen molar-refractivity contribution in [2.24, 2.45) is 0 Å². The number of aryl methyl sites for hydroxylation is 1. The molecule has 0 amide bonds. The van der Waals surface area contributed by atoms with Gasteiger partial charge in [0.15, 0.2) is 0 Å². The number of fused-ring (bicyclic) bond motifs is 2. The van der Waals surface area contributed by atoms with Crippen molar-refractivity contribution in [3.05, 3.63) is 46.0 Å². The molecule has 0 unspecified atom stereocenters. The average molecular weight is 297 g/mol. The molecule has 0 spiro atoms. The van der Waals surface area contributed by atoms with Crippen LogP contribution >= 0.6 is 0 Å². The maximum absolute atomic E-state index is 11.9. The van der Waals surface area contributed by atoms with E-state index in [0.29, 0.717) is 5.58 Å². The molecule has 3 heterocycles. The molecule has 1 saturated heterocycles. The van der Waals surface area contributed by atoms with Crippen molar-refractivity contribution < 1.29 is 8.83 Å². The molecule has 114 valence electrons. The summed E-state index contributed by atoms with van der Waals surface area (Å²) in [6.07, 6.45) is 5.53. The lowest BCUT2D eigenvalue weighted by Gasteiger charge is -2.26. The first-order chi connectivity index (χ1) is 10.7.